The monoisotopic (exact) mass is 205 g/mol. The molecule has 0 saturated heterocycles. The van der Waals surface area contributed by atoms with Crippen LogP contribution in [0.3, 0.4) is 0 Å². The van der Waals surface area contributed by atoms with Gasteiger partial charge in [0.15, 0.2) is 0 Å². The van der Waals surface area contributed by atoms with Crippen LogP contribution in [0.25, 0.3) is 0 Å². The summed E-state index contributed by atoms with van der Waals surface area (Å²) in [6.07, 6.45) is 3.65. The average molecular weight is 205 g/mol. The third-order valence-electron chi connectivity index (χ3n) is 2.71. The lowest BCUT2D eigenvalue weighted by Gasteiger charge is -2.25. The molecule has 0 aromatic heterocycles. The quantitative estimate of drug-likeness (QED) is 0.760. The molecular formula is C12H12FNO. The first-order chi connectivity index (χ1) is 7.28. The van der Waals surface area contributed by atoms with Gasteiger partial charge in [-0.1, -0.05) is 6.42 Å². The van der Waals surface area contributed by atoms with Crippen molar-refractivity contribution in [1.82, 2.24) is 0 Å². The highest BCUT2D eigenvalue weighted by Gasteiger charge is 2.18. The van der Waals surface area contributed by atoms with Gasteiger partial charge in [0.1, 0.15) is 11.6 Å². The SMILES string of the molecule is N#Cc1cc(F)cc(OCC2CCC2)c1. The first kappa shape index (κ1) is 9.97. The number of hydrogen-bond acceptors (Lipinski definition) is 2. The number of ether oxygens (including phenoxy) is 1. The standard InChI is InChI=1S/C12H12FNO/c13-11-4-10(7-14)5-12(6-11)15-8-9-2-1-3-9/h4-6,9H,1-3,8H2. The maximum absolute atomic E-state index is 13.0. The zero-order valence-electron chi connectivity index (χ0n) is 8.37. The second kappa shape index (κ2) is 4.31. The molecule has 0 bridgehead atoms. The van der Waals surface area contributed by atoms with Gasteiger partial charge in [-0.2, -0.15) is 5.26 Å². The number of nitriles is 1. The van der Waals surface area contributed by atoms with Crippen molar-refractivity contribution in [3.05, 3.63) is 29.6 Å². The molecule has 1 aromatic carbocycles. The van der Waals surface area contributed by atoms with Crippen LogP contribution in [0.4, 0.5) is 4.39 Å². The summed E-state index contributed by atoms with van der Waals surface area (Å²) in [7, 11) is 0. The molecule has 3 heteroatoms. The lowest BCUT2D eigenvalue weighted by Crippen LogP contribution is -2.19. The van der Waals surface area contributed by atoms with E-state index in [0.29, 0.717) is 23.8 Å². The van der Waals surface area contributed by atoms with E-state index in [1.165, 1.54) is 31.4 Å². The van der Waals surface area contributed by atoms with Crippen molar-refractivity contribution >= 4 is 0 Å². The second-order valence-corrected chi connectivity index (χ2v) is 3.90. The molecule has 15 heavy (non-hydrogen) atoms. The molecule has 0 N–H and O–H groups in total. The molecule has 0 heterocycles. The third-order valence-corrected chi connectivity index (χ3v) is 2.71. The van der Waals surface area contributed by atoms with Crippen LogP contribution in [-0.4, -0.2) is 6.61 Å². The summed E-state index contributed by atoms with van der Waals surface area (Å²) in [6.45, 7) is 0.633. The molecule has 78 valence electrons. The van der Waals surface area contributed by atoms with Gasteiger partial charge in [-0.3, -0.25) is 0 Å². The molecule has 0 atom stereocenters. The summed E-state index contributed by atoms with van der Waals surface area (Å²) in [6, 6.07) is 6.00. The van der Waals surface area contributed by atoms with Crippen molar-refractivity contribution in [3.63, 3.8) is 0 Å². The van der Waals surface area contributed by atoms with Gasteiger partial charge in [0.05, 0.1) is 18.2 Å². The highest BCUT2D eigenvalue weighted by molar-refractivity contribution is 5.37. The maximum Gasteiger partial charge on any atom is 0.128 e. The fourth-order valence-electron chi connectivity index (χ4n) is 1.58. The maximum atomic E-state index is 13.0. The van der Waals surface area contributed by atoms with E-state index in [9.17, 15) is 4.39 Å². The Hall–Kier alpha value is -1.56. The van der Waals surface area contributed by atoms with Crippen LogP contribution in [0.1, 0.15) is 24.8 Å². The van der Waals surface area contributed by atoms with Gasteiger partial charge in [0.2, 0.25) is 0 Å². The molecule has 2 rings (SSSR count). The van der Waals surface area contributed by atoms with E-state index in [4.69, 9.17) is 10.00 Å². The lowest BCUT2D eigenvalue weighted by atomic mass is 9.86. The van der Waals surface area contributed by atoms with Crippen LogP contribution in [0.5, 0.6) is 5.75 Å². The summed E-state index contributed by atoms with van der Waals surface area (Å²) in [5.41, 5.74) is 0.304. The Labute approximate surface area is 88.3 Å². The molecule has 1 aliphatic carbocycles. The molecule has 0 aliphatic heterocycles. The Morgan fingerprint density at radius 3 is 2.80 bits per heavy atom. The van der Waals surface area contributed by atoms with Crippen molar-refractivity contribution in [2.75, 3.05) is 6.61 Å². The van der Waals surface area contributed by atoms with E-state index in [-0.39, 0.29) is 0 Å². The predicted molar refractivity (Wildman–Crippen MR) is 54.0 cm³/mol. The predicted octanol–water partition coefficient (Wildman–Crippen LogP) is 2.88. The van der Waals surface area contributed by atoms with Crippen molar-refractivity contribution in [3.8, 4) is 11.8 Å². The van der Waals surface area contributed by atoms with E-state index in [1.807, 2.05) is 6.07 Å². The molecule has 0 spiro atoms. The topological polar surface area (TPSA) is 33.0 Å². The number of nitrogens with zero attached hydrogens (tertiary/aromatic N) is 1. The lowest BCUT2D eigenvalue weighted by molar-refractivity contribution is 0.180. The van der Waals surface area contributed by atoms with Gasteiger partial charge in [-0.15, -0.1) is 0 Å². The van der Waals surface area contributed by atoms with E-state index >= 15 is 0 Å². The minimum atomic E-state index is -0.419. The zero-order valence-corrected chi connectivity index (χ0v) is 8.37. The molecule has 1 saturated carbocycles. The van der Waals surface area contributed by atoms with Gasteiger partial charge in [0, 0.05) is 6.07 Å². The van der Waals surface area contributed by atoms with Gasteiger partial charge >= 0.3 is 0 Å². The van der Waals surface area contributed by atoms with Crippen LogP contribution in [0.15, 0.2) is 18.2 Å². The minimum Gasteiger partial charge on any atom is -0.493 e. The van der Waals surface area contributed by atoms with E-state index in [2.05, 4.69) is 0 Å². The van der Waals surface area contributed by atoms with Crippen LogP contribution in [0.2, 0.25) is 0 Å². The summed E-state index contributed by atoms with van der Waals surface area (Å²) < 4.78 is 18.4. The highest BCUT2D eigenvalue weighted by Crippen LogP contribution is 2.27. The molecule has 0 unspecified atom stereocenters. The van der Waals surface area contributed by atoms with E-state index in [1.54, 1.807) is 6.07 Å². The summed E-state index contributed by atoms with van der Waals surface area (Å²) in [5.74, 6) is 0.648. The first-order valence-electron chi connectivity index (χ1n) is 5.11. The number of rotatable bonds is 3. The zero-order chi connectivity index (χ0) is 10.7. The second-order valence-electron chi connectivity index (χ2n) is 3.90. The Balaban J connectivity index is 2.00. The fourth-order valence-corrected chi connectivity index (χ4v) is 1.58. The van der Waals surface area contributed by atoms with E-state index in [0.717, 1.165) is 0 Å². The molecule has 0 amide bonds. The van der Waals surface area contributed by atoms with Crippen molar-refractivity contribution in [2.45, 2.75) is 19.3 Å². The molecule has 1 aliphatic rings. The van der Waals surface area contributed by atoms with Gasteiger partial charge < -0.3 is 4.74 Å². The van der Waals surface area contributed by atoms with Crippen LogP contribution in [-0.2, 0) is 0 Å². The largest absolute Gasteiger partial charge is 0.493 e. The van der Waals surface area contributed by atoms with Crippen LogP contribution in [0, 0.1) is 23.1 Å². The molecular weight excluding hydrogens is 193 g/mol. The van der Waals surface area contributed by atoms with Gasteiger partial charge in [-0.05, 0) is 30.9 Å². The number of hydrogen-bond donors (Lipinski definition) is 0. The Morgan fingerprint density at radius 2 is 2.20 bits per heavy atom. The molecule has 0 radical (unpaired) electrons. The van der Waals surface area contributed by atoms with Crippen molar-refractivity contribution in [2.24, 2.45) is 5.92 Å². The summed E-state index contributed by atoms with van der Waals surface area (Å²) >= 11 is 0. The summed E-state index contributed by atoms with van der Waals surface area (Å²) in [5, 5.41) is 8.65. The van der Waals surface area contributed by atoms with Crippen molar-refractivity contribution < 1.29 is 9.13 Å². The molecule has 1 aromatic rings. The smallest absolute Gasteiger partial charge is 0.128 e. The average Bonchev–Trinajstić information content (AvgIpc) is 2.14. The van der Waals surface area contributed by atoms with Gasteiger partial charge in [0.25, 0.3) is 0 Å². The Morgan fingerprint density at radius 1 is 1.40 bits per heavy atom. The molecule has 1 fully saturated rings. The third kappa shape index (κ3) is 2.47. The van der Waals surface area contributed by atoms with Gasteiger partial charge in [-0.25, -0.2) is 4.39 Å². The van der Waals surface area contributed by atoms with Crippen LogP contribution < -0.4 is 4.74 Å². The van der Waals surface area contributed by atoms with Crippen molar-refractivity contribution in [1.29, 1.82) is 5.26 Å². The fraction of sp³-hybridized carbons (Fsp3) is 0.417. The van der Waals surface area contributed by atoms with E-state index < -0.39 is 5.82 Å². The van der Waals surface area contributed by atoms with Crippen LogP contribution >= 0.6 is 0 Å². The molecule has 2 nitrogen and oxygen atoms in total. The highest BCUT2D eigenvalue weighted by atomic mass is 19.1. The minimum absolute atomic E-state index is 0.304. The summed E-state index contributed by atoms with van der Waals surface area (Å²) in [4.78, 5) is 0. The number of halogens is 1. The number of benzene rings is 1. The normalized spacial score (nSPS) is 15.5. The Bertz CT molecular complexity index is 393. The first-order valence-corrected chi connectivity index (χ1v) is 5.11. The Kier molecular flexibility index (Phi) is 2.86.